The van der Waals surface area contributed by atoms with Gasteiger partial charge in [-0.3, -0.25) is 4.79 Å². The van der Waals surface area contributed by atoms with Crippen LogP contribution in [0.4, 0.5) is 5.69 Å². The number of nitrogens with zero attached hydrogens (tertiary/aromatic N) is 3. The van der Waals surface area contributed by atoms with Crippen LogP contribution < -0.4 is 5.32 Å². The van der Waals surface area contributed by atoms with Gasteiger partial charge in [0.25, 0.3) is 5.91 Å². The fourth-order valence-corrected chi connectivity index (χ4v) is 4.18. The number of anilines is 1. The summed E-state index contributed by atoms with van der Waals surface area (Å²) in [6, 6.07) is 11.5. The van der Waals surface area contributed by atoms with Crippen molar-refractivity contribution in [1.29, 1.82) is 0 Å². The lowest BCUT2D eigenvalue weighted by Gasteiger charge is -2.09. The number of thiazole rings is 1. The third kappa shape index (κ3) is 3.81. The minimum atomic E-state index is -0.157. The summed E-state index contributed by atoms with van der Waals surface area (Å²) in [4.78, 5) is 23.0. The summed E-state index contributed by atoms with van der Waals surface area (Å²) in [6.07, 6.45) is 0.440. The van der Waals surface area contributed by atoms with E-state index in [9.17, 15) is 4.79 Å². The molecule has 27 heavy (non-hydrogen) atoms. The number of hydrogen-bond donors (Lipinski definition) is 1. The SMILES string of the molecule is Cc1nc(C)c(C(=O)Nc2ccccc2Cc2nc(-c3cccs3)no2)s1. The second-order valence-electron chi connectivity index (χ2n) is 5.92. The number of hydrogen-bond acceptors (Lipinski definition) is 7. The van der Waals surface area contributed by atoms with E-state index in [2.05, 4.69) is 20.4 Å². The van der Waals surface area contributed by atoms with Gasteiger partial charge in [-0.05, 0) is 36.9 Å². The number of thiophene rings is 1. The Morgan fingerprint density at radius 1 is 1.15 bits per heavy atom. The molecular weight excluding hydrogens is 380 g/mol. The maximum atomic E-state index is 12.6. The van der Waals surface area contributed by atoms with Crippen LogP contribution in [0.15, 0.2) is 46.3 Å². The van der Waals surface area contributed by atoms with E-state index in [-0.39, 0.29) is 5.91 Å². The molecule has 0 bridgehead atoms. The Morgan fingerprint density at radius 3 is 2.74 bits per heavy atom. The van der Waals surface area contributed by atoms with Crippen molar-refractivity contribution < 1.29 is 9.32 Å². The van der Waals surface area contributed by atoms with E-state index >= 15 is 0 Å². The van der Waals surface area contributed by atoms with Gasteiger partial charge in [0.2, 0.25) is 11.7 Å². The van der Waals surface area contributed by atoms with Crippen LogP contribution in [-0.4, -0.2) is 21.0 Å². The lowest BCUT2D eigenvalue weighted by molar-refractivity contribution is 0.102. The van der Waals surface area contributed by atoms with E-state index in [1.807, 2.05) is 55.6 Å². The molecule has 8 heteroatoms. The van der Waals surface area contributed by atoms with Crippen LogP contribution in [-0.2, 0) is 6.42 Å². The first-order valence-corrected chi connectivity index (χ1v) is 9.99. The molecule has 0 unspecified atom stereocenters. The first-order valence-electron chi connectivity index (χ1n) is 8.30. The van der Waals surface area contributed by atoms with Gasteiger partial charge in [-0.2, -0.15) is 4.98 Å². The third-order valence-electron chi connectivity index (χ3n) is 3.93. The molecule has 4 aromatic rings. The molecule has 0 atom stereocenters. The molecule has 0 fully saturated rings. The minimum Gasteiger partial charge on any atom is -0.339 e. The fourth-order valence-electron chi connectivity index (χ4n) is 2.71. The first kappa shape index (κ1) is 17.6. The van der Waals surface area contributed by atoms with Crippen LogP contribution in [0.5, 0.6) is 0 Å². The summed E-state index contributed by atoms with van der Waals surface area (Å²) < 4.78 is 5.38. The number of nitrogens with one attached hydrogen (secondary N) is 1. The zero-order valence-corrected chi connectivity index (χ0v) is 16.4. The van der Waals surface area contributed by atoms with Gasteiger partial charge in [0.1, 0.15) is 4.88 Å². The molecule has 4 rings (SSSR count). The van der Waals surface area contributed by atoms with Crippen molar-refractivity contribution in [2.75, 3.05) is 5.32 Å². The van der Waals surface area contributed by atoms with Gasteiger partial charge < -0.3 is 9.84 Å². The summed E-state index contributed by atoms with van der Waals surface area (Å²) in [5.74, 6) is 0.928. The largest absolute Gasteiger partial charge is 0.339 e. The van der Waals surface area contributed by atoms with Crippen LogP contribution in [0.2, 0.25) is 0 Å². The average molecular weight is 396 g/mol. The lowest BCUT2D eigenvalue weighted by atomic mass is 10.1. The Labute approximate surface area is 163 Å². The lowest BCUT2D eigenvalue weighted by Crippen LogP contribution is -2.13. The molecule has 0 saturated heterocycles. The van der Waals surface area contributed by atoms with Gasteiger partial charge in [-0.1, -0.05) is 29.4 Å². The standard InChI is InChI=1S/C19H16N4O2S2/c1-11-17(27-12(2)20-11)19(24)21-14-7-4-3-6-13(14)10-16-22-18(23-25-16)15-8-5-9-26-15/h3-9H,10H2,1-2H3,(H,21,24). The number of rotatable bonds is 5. The van der Waals surface area contributed by atoms with Crippen molar-refractivity contribution in [2.24, 2.45) is 0 Å². The van der Waals surface area contributed by atoms with Crippen molar-refractivity contribution >= 4 is 34.3 Å². The van der Waals surface area contributed by atoms with Crippen molar-refractivity contribution in [3.63, 3.8) is 0 Å². The Morgan fingerprint density at radius 2 is 2.00 bits per heavy atom. The molecule has 136 valence electrons. The topological polar surface area (TPSA) is 80.9 Å². The van der Waals surface area contributed by atoms with Crippen LogP contribution in [0.1, 0.15) is 31.8 Å². The number of amides is 1. The highest BCUT2D eigenvalue weighted by Crippen LogP contribution is 2.25. The monoisotopic (exact) mass is 396 g/mol. The van der Waals surface area contributed by atoms with E-state index in [0.29, 0.717) is 23.0 Å². The highest BCUT2D eigenvalue weighted by atomic mass is 32.1. The maximum absolute atomic E-state index is 12.6. The van der Waals surface area contributed by atoms with Crippen LogP contribution in [0, 0.1) is 13.8 Å². The fraction of sp³-hybridized carbons (Fsp3) is 0.158. The van der Waals surface area contributed by atoms with Gasteiger partial charge >= 0.3 is 0 Å². The van der Waals surface area contributed by atoms with E-state index in [4.69, 9.17) is 4.52 Å². The Bertz CT molecular complexity index is 1080. The Kier molecular flexibility index (Phi) is 4.83. The van der Waals surface area contributed by atoms with Crippen LogP contribution >= 0.6 is 22.7 Å². The quantitative estimate of drug-likeness (QED) is 0.528. The van der Waals surface area contributed by atoms with E-state index in [1.54, 1.807) is 11.3 Å². The number of para-hydroxylation sites is 1. The van der Waals surface area contributed by atoms with Crippen molar-refractivity contribution in [3.05, 3.63) is 68.8 Å². The molecular formula is C19H16N4O2S2. The Balaban J connectivity index is 1.55. The van der Waals surface area contributed by atoms with Gasteiger partial charge in [0.15, 0.2) is 0 Å². The molecule has 3 aromatic heterocycles. The predicted octanol–water partition coefficient (Wildman–Crippen LogP) is 4.71. The molecule has 0 aliphatic carbocycles. The molecule has 0 aliphatic heterocycles. The van der Waals surface area contributed by atoms with Crippen LogP contribution in [0.25, 0.3) is 10.7 Å². The number of carbonyl (C=O) groups excluding carboxylic acids is 1. The first-order chi connectivity index (χ1) is 13.1. The number of benzene rings is 1. The van der Waals surface area contributed by atoms with Gasteiger partial charge in [-0.15, -0.1) is 22.7 Å². The maximum Gasteiger partial charge on any atom is 0.267 e. The molecule has 6 nitrogen and oxygen atoms in total. The van der Waals surface area contributed by atoms with Gasteiger partial charge in [0.05, 0.1) is 22.0 Å². The summed E-state index contributed by atoms with van der Waals surface area (Å²) in [5, 5.41) is 9.86. The normalized spacial score (nSPS) is 10.9. The van der Waals surface area contributed by atoms with E-state index in [0.717, 1.165) is 26.8 Å². The molecule has 1 N–H and O–H groups in total. The second-order valence-corrected chi connectivity index (χ2v) is 8.08. The molecule has 1 aromatic carbocycles. The summed E-state index contributed by atoms with van der Waals surface area (Å²) >= 11 is 2.95. The van der Waals surface area contributed by atoms with Crippen molar-refractivity contribution in [1.82, 2.24) is 15.1 Å². The summed E-state index contributed by atoms with van der Waals surface area (Å²) in [5.41, 5.74) is 2.37. The van der Waals surface area contributed by atoms with Gasteiger partial charge in [-0.25, -0.2) is 4.98 Å². The molecule has 0 saturated carbocycles. The molecule has 3 heterocycles. The highest BCUT2D eigenvalue weighted by molar-refractivity contribution is 7.14. The smallest absolute Gasteiger partial charge is 0.267 e. The number of aromatic nitrogens is 3. The summed E-state index contributed by atoms with van der Waals surface area (Å²) in [7, 11) is 0. The third-order valence-corrected chi connectivity index (χ3v) is 5.86. The van der Waals surface area contributed by atoms with Crippen molar-refractivity contribution in [2.45, 2.75) is 20.3 Å². The molecule has 0 spiro atoms. The van der Waals surface area contributed by atoms with E-state index in [1.165, 1.54) is 11.3 Å². The molecule has 0 aliphatic rings. The summed E-state index contributed by atoms with van der Waals surface area (Å²) in [6.45, 7) is 3.73. The highest BCUT2D eigenvalue weighted by Gasteiger charge is 2.17. The second kappa shape index (κ2) is 7.42. The minimum absolute atomic E-state index is 0.157. The average Bonchev–Trinajstić information content (AvgIpc) is 3.37. The number of carbonyl (C=O) groups is 1. The Hall–Kier alpha value is -2.84. The van der Waals surface area contributed by atoms with Gasteiger partial charge in [0, 0.05) is 5.69 Å². The zero-order chi connectivity index (χ0) is 18.8. The predicted molar refractivity (Wildman–Crippen MR) is 106 cm³/mol. The molecule has 1 amide bonds. The van der Waals surface area contributed by atoms with E-state index < -0.39 is 0 Å². The molecule has 0 radical (unpaired) electrons. The van der Waals surface area contributed by atoms with Crippen LogP contribution in [0.3, 0.4) is 0 Å². The number of aryl methyl sites for hydroxylation is 2. The van der Waals surface area contributed by atoms with Crippen molar-refractivity contribution in [3.8, 4) is 10.7 Å². The zero-order valence-electron chi connectivity index (χ0n) is 14.7.